The van der Waals surface area contributed by atoms with Crippen LogP contribution >= 0.6 is 0 Å². The van der Waals surface area contributed by atoms with Crippen molar-refractivity contribution in [2.45, 2.75) is 25.9 Å². The van der Waals surface area contributed by atoms with Crippen LogP contribution in [0.5, 0.6) is 0 Å². The summed E-state index contributed by atoms with van der Waals surface area (Å²) in [6.45, 7) is 4.34. The molecule has 1 nitrogen and oxygen atoms in total. The lowest BCUT2D eigenvalue weighted by Crippen LogP contribution is -2.00. The van der Waals surface area contributed by atoms with E-state index in [4.69, 9.17) is 0 Å². The van der Waals surface area contributed by atoms with Crippen LogP contribution in [0.2, 0.25) is 0 Å². The summed E-state index contributed by atoms with van der Waals surface area (Å²) in [4.78, 5) is 0. The number of benzene rings is 2. The van der Waals surface area contributed by atoms with Gasteiger partial charge in [-0.3, -0.25) is 0 Å². The highest BCUT2D eigenvalue weighted by Gasteiger charge is 2.29. The van der Waals surface area contributed by atoms with Gasteiger partial charge in [-0.2, -0.15) is 0 Å². The van der Waals surface area contributed by atoms with E-state index in [-0.39, 0.29) is 0 Å². The van der Waals surface area contributed by atoms with Gasteiger partial charge in [-0.05, 0) is 33.7 Å². The Morgan fingerprint density at radius 1 is 0.941 bits per heavy atom. The Kier molecular flexibility index (Phi) is 2.30. The van der Waals surface area contributed by atoms with Gasteiger partial charge in [0.25, 0.3) is 0 Å². The van der Waals surface area contributed by atoms with E-state index in [0.29, 0.717) is 5.92 Å². The fourth-order valence-corrected chi connectivity index (χ4v) is 2.76. The smallest absolute Gasteiger partial charge is 0.106 e. The second-order valence-corrected chi connectivity index (χ2v) is 4.95. The van der Waals surface area contributed by atoms with E-state index in [1.54, 1.807) is 0 Å². The molecule has 0 spiro atoms. The third kappa shape index (κ3) is 1.43. The van der Waals surface area contributed by atoms with Gasteiger partial charge < -0.3 is 5.11 Å². The topological polar surface area (TPSA) is 20.2 Å². The summed E-state index contributed by atoms with van der Waals surface area (Å²) in [5, 5.41) is 10.5. The molecular weight excluding hydrogens is 208 g/mol. The van der Waals surface area contributed by atoms with Crippen molar-refractivity contribution < 1.29 is 5.11 Å². The van der Waals surface area contributed by atoms with Gasteiger partial charge in [-0.1, -0.05) is 56.3 Å². The Hall–Kier alpha value is -1.60. The van der Waals surface area contributed by atoms with E-state index in [0.717, 1.165) is 11.1 Å². The summed E-state index contributed by atoms with van der Waals surface area (Å²) in [5.74, 6) is 0.439. The van der Waals surface area contributed by atoms with Crippen LogP contribution in [0.15, 0.2) is 42.5 Å². The fourth-order valence-electron chi connectivity index (χ4n) is 2.76. The van der Waals surface area contributed by atoms with Crippen LogP contribution in [0.3, 0.4) is 0 Å². The second kappa shape index (κ2) is 3.71. The summed E-state index contributed by atoms with van der Waals surface area (Å²) >= 11 is 0. The first-order valence-electron chi connectivity index (χ1n) is 6.10. The lowest BCUT2D eigenvalue weighted by molar-refractivity contribution is 0.223. The van der Waals surface area contributed by atoms with Crippen LogP contribution in [0, 0.1) is 0 Å². The number of hydrogen-bond donors (Lipinski definition) is 1. The molecule has 0 fully saturated rings. The molecule has 1 atom stereocenters. The standard InChI is InChI=1S/C16H16O/c1-10(2)11-8-5-9-13-12-6-3-4-7-14(12)16(17)15(11)13/h3-10,16-17H,1-2H3. The van der Waals surface area contributed by atoms with Gasteiger partial charge in [0.15, 0.2) is 0 Å². The minimum absolute atomic E-state index is 0.439. The van der Waals surface area contributed by atoms with Gasteiger partial charge in [0.05, 0.1) is 0 Å². The van der Waals surface area contributed by atoms with E-state index in [2.05, 4.69) is 38.1 Å². The molecule has 0 heterocycles. The van der Waals surface area contributed by atoms with Gasteiger partial charge in [0.1, 0.15) is 6.10 Å². The molecule has 2 aromatic carbocycles. The van der Waals surface area contributed by atoms with Crippen molar-refractivity contribution in [1.29, 1.82) is 0 Å². The Morgan fingerprint density at radius 3 is 2.41 bits per heavy atom. The molecule has 0 bridgehead atoms. The van der Waals surface area contributed by atoms with E-state index in [1.807, 2.05) is 18.2 Å². The zero-order chi connectivity index (χ0) is 12.0. The Labute approximate surface area is 102 Å². The van der Waals surface area contributed by atoms with E-state index >= 15 is 0 Å². The molecular formula is C16H16O. The summed E-state index contributed by atoms with van der Waals surface area (Å²) in [6.07, 6.45) is -0.459. The van der Waals surface area contributed by atoms with Gasteiger partial charge in [-0.25, -0.2) is 0 Å². The molecule has 2 aromatic rings. The van der Waals surface area contributed by atoms with Crippen LogP contribution in [-0.4, -0.2) is 5.11 Å². The first kappa shape index (κ1) is 10.5. The zero-order valence-electron chi connectivity index (χ0n) is 10.1. The van der Waals surface area contributed by atoms with Crippen molar-refractivity contribution in [2.75, 3.05) is 0 Å². The van der Waals surface area contributed by atoms with E-state index < -0.39 is 6.10 Å². The molecule has 0 aliphatic heterocycles. The highest BCUT2D eigenvalue weighted by atomic mass is 16.3. The minimum atomic E-state index is -0.459. The van der Waals surface area contributed by atoms with Gasteiger partial charge in [0.2, 0.25) is 0 Å². The third-order valence-corrected chi connectivity index (χ3v) is 3.58. The van der Waals surface area contributed by atoms with Crippen molar-refractivity contribution >= 4 is 0 Å². The minimum Gasteiger partial charge on any atom is -0.384 e. The molecule has 1 aliphatic rings. The molecule has 0 saturated heterocycles. The van der Waals surface area contributed by atoms with Crippen molar-refractivity contribution in [3.8, 4) is 11.1 Å². The molecule has 17 heavy (non-hydrogen) atoms. The maximum Gasteiger partial charge on any atom is 0.106 e. The largest absolute Gasteiger partial charge is 0.384 e. The van der Waals surface area contributed by atoms with Crippen molar-refractivity contribution in [1.82, 2.24) is 0 Å². The average Bonchev–Trinajstić information content (AvgIpc) is 2.64. The highest BCUT2D eigenvalue weighted by molar-refractivity contribution is 5.79. The lowest BCUT2D eigenvalue weighted by Gasteiger charge is -2.14. The first-order valence-corrected chi connectivity index (χ1v) is 6.10. The van der Waals surface area contributed by atoms with Crippen molar-refractivity contribution in [2.24, 2.45) is 0 Å². The predicted molar refractivity (Wildman–Crippen MR) is 70.0 cm³/mol. The number of aliphatic hydroxyl groups excluding tert-OH is 1. The van der Waals surface area contributed by atoms with Crippen LogP contribution in [0.1, 0.15) is 42.6 Å². The summed E-state index contributed by atoms with van der Waals surface area (Å²) < 4.78 is 0. The quantitative estimate of drug-likeness (QED) is 0.779. The third-order valence-electron chi connectivity index (χ3n) is 3.58. The number of fused-ring (bicyclic) bond motifs is 3. The van der Waals surface area contributed by atoms with Gasteiger partial charge >= 0.3 is 0 Å². The number of hydrogen-bond acceptors (Lipinski definition) is 1. The van der Waals surface area contributed by atoms with Crippen LogP contribution in [0.4, 0.5) is 0 Å². The SMILES string of the molecule is CC(C)c1cccc2c1C(O)c1ccccc1-2. The molecule has 3 rings (SSSR count). The molecule has 1 N–H and O–H groups in total. The highest BCUT2D eigenvalue weighted by Crippen LogP contribution is 2.46. The van der Waals surface area contributed by atoms with E-state index in [1.165, 1.54) is 16.7 Å². The monoisotopic (exact) mass is 224 g/mol. The normalized spacial score (nSPS) is 17.1. The molecule has 1 aliphatic carbocycles. The summed E-state index contributed by atoms with van der Waals surface area (Å²) in [7, 11) is 0. The molecule has 1 heteroatoms. The van der Waals surface area contributed by atoms with Gasteiger partial charge in [0, 0.05) is 0 Å². The maximum atomic E-state index is 10.5. The lowest BCUT2D eigenvalue weighted by atomic mass is 9.93. The molecule has 0 saturated carbocycles. The number of aliphatic hydroxyl groups is 1. The van der Waals surface area contributed by atoms with Crippen LogP contribution in [0.25, 0.3) is 11.1 Å². The van der Waals surface area contributed by atoms with E-state index in [9.17, 15) is 5.11 Å². The predicted octanol–water partition coefficient (Wildman–Crippen LogP) is 3.87. The molecule has 86 valence electrons. The van der Waals surface area contributed by atoms with Crippen molar-refractivity contribution in [3.63, 3.8) is 0 Å². The molecule has 1 unspecified atom stereocenters. The molecule has 0 amide bonds. The van der Waals surface area contributed by atoms with Gasteiger partial charge in [-0.15, -0.1) is 0 Å². The second-order valence-electron chi connectivity index (χ2n) is 4.95. The summed E-state index contributed by atoms with van der Waals surface area (Å²) in [5.41, 5.74) is 5.77. The van der Waals surface area contributed by atoms with Crippen LogP contribution < -0.4 is 0 Å². The Morgan fingerprint density at radius 2 is 1.65 bits per heavy atom. The van der Waals surface area contributed by atoms with Crippen LogP contribution in [-0.2, 0) is 0 Å². The first-order chi connectivity index (χ1) is 8.20. The Bertz CT molecular complexity index is 569. The maximum absolute atomic E-state index is 10.5. The fraction of sp³-hybridized carbons (Fsp3) is 0.250. The van der Waals surface area contributed by atoms with Crippen molar-refractivity contribution in [3.05, 3.63) is 59.2 Å². The zero-order valence-corrected chi connectivity index (χ0v) is 10.1. The molecule has 0 radical (unpaired) electrons. The average molecular weight is 224 g/mol. The Balaban J connectivity index is 2.30. The number of rotatable bonds is 1. The summed E-state index contributed by atoms with van der Waals surface area (Å²) in [6, 6.07) is 14.4. The molecule has 0 aromatic heterocycles.